The summed E-state index contributed by atoms with van der Waals surface area (Å²) in [4.78, 5) is 40.8. The van der Waals surface area contributed by atoms with Crippen LogP contribution in [0.3, 0.4) is 0 Å². The number of aliphatic carboxylic acids is 1. The van der Waals surface area contributed by atoms with Crippen molar-refractivity contribution >= 4 is 35.5 Å². The molecule has 14 heteroatoms. The van der Waals surface area contributed by atoms with E-state index in [0.717, 1.165) is 0 Å². The van der Waals surface area contributed by atoms with Gasteiger partial charge in [0.15, 0.2) is 5.96 Å². The lowest BCUT2D eigenvalue weighted by atomic mass is 9.78. The van der Waals surface area contributed by atoms with E-state index in [-0.39, 0.29) is 47.2 Å². The predicted molar refractivity (Wildman–Crippen MR) is 108 cm³/mol. The maximum absolute atomic E-state index is 12.9. The first-order valence-corrected chi connectivity index (χ1v) is 10.6. The number of carbonyl (C=O) groups is 3. The first-order chi connectivity index (χ1) is 14.7. The van der Waals surface area contributed by atoms with Crippen molar-refractivity contribution in [3.63, 3.8) is 0 Å². The number of nitrogens with zero attached hydrogens (tertiary/aromatic N) is 6. The number of carbonyl (C=O) groups excluding carboxylic acids is 2. The predicted octanol–water partition coefficient (Wildman–Crippen LogP) is -1.74. The van der Waals surface area contributed by atoms with Crippen LogP contribution >= 0.6 is 11.8 Å². The number of tetrazole rings is 1. The first kappa shape index (κ1) is 21.1. The Morgan fingerprint density at radius 2 is 2.16 bits per heavy atom. The quantitative estimate of drug-likeness (QED) is 0.212. The van der Waals surface area contributed by atoms with Crippen LogP contribution in [0.4, 0.5) is 0 Å². The third-order valence-electron chi connectivity index (χ3n) is 5.90. The molecule has 0 unspecified atom stereocenters. The Balaban J connectivity index is 1.44. The van der Waals surface area contributed by atoms with Crippen LogP contribution in [0.5, 0.6) is 0 Å². The standard InChI is InChI=1S/C17H23N9O4S/c1-7-12-11(8(2)21-10(27)5-25-6-20-22-23-25)15(28)26(12)13(16(29)30)14(7)31-9-3-24(4-9)17(18)19/h6-9,11-12H,3-5H2,1-2H3,(H3,18,19)(H,21,27)(H,29,30)/t7-,8-,11-,12-/m1/s1. The van der Waals surface area contributed by atoms with E-state index in [4.69, 9.17) is 11.1 Å². The molecule has 31 heavy (non-hydrogen) atoms. The lowest BCUT2D eigenvalue weighted by molar-refractivity contribution is -0.158. The third kappa shape index (κ3) is 3.60. The van der Waals surface area contributed by atoms with Crippen LogP contribution < -0.4 is 11.1 Å². The highest BCUT2D eigenvalue weighted by atomic mass is 32.2. The fourth-order valence-electron chi connectivity index (χ4n) is 4.37. The summed E-state index contributed by atoms with van der Waals surface area (Å²) in [7, 11) is 0. The van der Waals surface area contributed by atoms with E-state index in [9.17, 15) is 19.5 Å². The van der Waals surface area contributed by atoms with Gasteiger partial charge in [-0.1, -0.05) is 6.92 Å². The molecule has 1 aromatic heterocycles. The molecule has 2 amide bonds. The Labute approximate surface area is 181 Å². The van der Waals surface area contributed by atoms with Crippen molar-refractivity contribution in [1.82, 2.24) is 35.3 Å². The van der Waals surface area contributed by atoms with Crippen LogP contribution in [0.1, 0.15) is 13.8 Å². The normalized spacial score (nSPS) is 26.3. The summed E-state index contributed by atoms with van der Waals surface area (Å²) in [6.07, 6.45) is 1.32. The zero-order valence-corrected chi connectivity index (χ0v) is 17.7. The van der Waals surface area contributed by atoms with Crippen LogP contribution in [-0.4, -0.2) is 89.3 Å². The summed E-state index contributed by atoms with van der Waals surface area (Å²) in [5.74, 6) is -2.48. The third-order valence-corrected chi connectivity index (χ3v) is 7.35. The van der Waals surface area contributed by atoms with E-state index in [1.165, 1.54) is 27.7 Å². The molecule has 4 atom stereocenters. The number of likely N-dealkylation sites (tertiary alicyclic amines) is 1. The van der Waals surface area contributed by atoms with E-state index in [2.05, 4.69) is 20.8 Å². The number of hydrogen-bond donors (Lipinski definition) is 4. The molecule has 5 N–H and O–H groups in total. The number of carboxylic acids is 1. The molecular weight excluding hydrogens is 426 g/mol. The van der Waals surface area contributed by atoms with Crippen LogP contribution in [0.15, 0.2) is 16.9 Å². The van der Waals surface area contributed by atoms with Crippen molar-refractivity contribution in [3.05, 3.63) is 16.9 Å². The van der Waals surface area contributed by atoms with Gasteiger partial charge in [-0.05, 0) is 17.4 Å². The molecule has 0 radical (unpaired) electrons. The number of aromatic nitrogens is 4. The number of rotatable bonds is 7. The molecule has 0 saturated carbocycles. The maximum Gasteiger partial charge on any atom is 0.353 e. The minimum atomic E-state index is -1.14. The average molecular weight is 449 g/mol. The summed E-state index contributed by atoms with van der Waals surface area (Å²) in [6.45, 7) is 4.71. The van der Waals surface area contributed by atoms with E-state index >= 15 is 0 Å². The summed E-state index contributed by atoms with van der Waals surface area (Å²) in [5, 5.41) is 30.7. The lowest BCUT2D eigenvalue weighted by Crippen LogP contribution is -2.66. The summed E-state index contributed by atoms with van der Waals surface area (Å²) >= 11 is 1.44. The number of amides is 2. The van der Waals surface area contributed by atoms with Gasteiger partial charge in [-0.15, -0.1) is 16.9 Å². The van der Waals surface area contributed by atoms with Gasteiger partial charge in [-0.3, -0.25) is 15.0 Å². The Bertz CT molecular complexity index is 959. The molecule has 2 fully saturated rings. The highest BCUT2D eigenvalue weighted by Gasteiger charge is 2.60. The van der Waals surface area contributed by atoms with Gasteiger partial charge in [-0.2, -0.15) is 0 Å². The summed E-state index contributed by atoms with van der Waals surface area (Å²) < 4.78 is 1.27. The number of nitrogens with two attached hydrogens (primary N) is 1. The molecule has 3 aliphatic heterocycles. The molecule has 3 aliphatic rings. The van der Waals surface area contributed by atoms with E-state index < -0.39 is 17.9 Å². The Hall–Kier alpha value is -3.16. The second-order valence-corrected chi connectivity index (χ2v) is 9.27. The number of β-lactam (4-membered cyclic amide) rings is 1. The molecule has 2 saturated heterocycles. The first-order valence-electron chi connectivity index (χ1n) is 9.75. The molecule has 0 bridgehead atoms. The zero-order valence-electron chi connectivity index (χ0n) is 16.9. The van der Waals surface area contributed by atoms with Gasteiger partial charge >= 0.3 is 5.97 Å². The van der Waals surface area contributed by atoms with E-state index in [0.29, 0.717) is 18.0 Å². The van der Waals surface area contributed by atoms with Crippen LogP contribution in [-0.2, 0) is 20.9 Å². The molecule has 4 heterocycles. The van der Waals surface area contributed by atoms with Crippen molar-refractivity contribution < 1.29 is 19.5 Å². The van der Waals surface area contributed by atoms with Gasteiger partial charge in [0.1, 0.15) is 18.6 Å². The van der Waals surface area contributed by atoms with Crippen LogP contribution in [0, 0.1) is 17.2 Å². The Morgan fingerprint density at radius 3 is 2.74 bits per heavy atom. The zero-order chi connectivity index (χ0) is 22.4. The second-order valence-electron chi connectivity index (χ2n) is 7.92. The van der Waals surface area contributed by atoms with E-state index in [1.807, 2.05) is 6.92 Å². The lowest BCUT2D eigenvalue weighted by Gasteiger charge is -2.47. The molecule has 1 aromatic rings. The minimum Gasteiger partial charge on any atom is -0.477 e. The van der Waals surface area contributed by atoms with Crippen molar-refractivity contribution in [2.75, 3.05) is 13.1 Å². The Kier molecular flexibility index (Phi) is 5.33. The molecular formula is C17H23N9O4S. The van der Waals surface area contributed by atoms with Gasteiger partial charge in [0.2, 0.25) is 11.8 Å². The van der Waals surface area contributed by atoms with Crippen molar-refractivity contribution in [2.24, 2.45) is 17.6 Å². The highest BCUT2D eigenvalue weighted by Crippen LogP contribution is 2.51. The van der Waals surface area contributed by atoms with Crippen LogP contribution in [0.2, 0.25) is 0 Å². The van der Waals surface area contributed by atoms with Gasteiger partial charge in [-0.25, -0.2) is 9.48 Å². The van der Waals surface area contributed by atoms with Gasteiger partial charge in [0, 0.05) is 35.2 Å². The average Bonchev–Trinajstić information content (AvgIpc) is 3.22. The molecule has 13 nitrogen and oxygen atoms in total. The maximum atomic E-state index is 12.9. The monoisotopic (exact) mass is 449 g/mol. The van der Waals surface area contributed by atoms with E-state index in [1.54, 1.807) is 11.8 Å². The molecule has 0 aliphatic carbocycles. The highest BCUT2D eigenvalue weighted by molar-refractivity contribution is 8.03. The molecule has 0 aromatic carbocycles. The Morgan fingerprint density at radius 1 is 1.45 bits per heavy atom. The second kappa shape index (κ2) is 7.83. The largest absolute Gasteiger partial charge is 0.477 e. The molecule has 4 rings (SSSR count). The summed E-state index contributed by atoms with van der Waals surface area (Å²) in [6, 6.07) is -0.801. The smallest absolute Gasteiger partial charge is 0.353 e. The van der Waals surface area contributed by atoms with Crippen molar-refractivity contribution in [3.8, 4) is 0 Å². The number of guanidine groups is 1. The minimum absolute atomic E-state index is 0.00550. The van der Waals surface area contributed by atoms with Gasteiger partial charge in [0.05, 0.1) is 12.0 Å². The fourth-order valence-corrected chi connectivity index (χ4v) is 5.89. The van der Waals surface area contributed by atoms with Crippen molar-refractivity contribution in [2.45, 2.75) is 37.7 Å². The SMILES string of the molecule is C[C@@H](NC(=O)Cn1cnnn1)[C@H]1C(=O)N2C(C(=O)O)=C(SC3CN(C(=N)N)C3)[C@H](C)[C@H]12. The number of thioether (sulfide) groups is 1. The van der Waals surface area contributed by atoms with Gasteiger partial charge in [0.25, 0.3) is 0 Å². The fraction of sp³-hybridized carbons (Fsp3) is 0.588. The topological polar surface area (TPSA) is 183 Å². The molecule has 0 spiro atoms. The number of nitrogens with one attached hydrogen (secondary N) is 2. The van der Waals surface area contributed by atoms with Crippen molar-refractivity contribution in [1.29, 1.82) is 5.41 Å². The van der Waals surface area contributed by atoms with Crippen LogP contribution in [0.25, 0.3) is 0 Å². The number of fused-ring (bicyclic) bond motifs is 1. The molecule has 166 valence electrons. The van der Waals surface area contributed by atoms with Gasteiger partial charge < -0.3 is 26.0 Å². The number of carboxylic acid groups (broad SMARTS) is 1. The number of hydrogen-bond acceptors (Lipinski definition) is 8. The summed E-state index contributed by atoms with van der Waals surface area (Å²) in [5.41, 5.74) is 5.50.